The number of benzene rings is 1. The van der Waals surface area contributed by atoms with Crippen LogP contribution in [0.5, 0.6) is 0 Å². The van der Waals surface area contributed by atoms with Crippen LogP contribution in [0.1, 0.15) is 11.6 Å². The van der Waals surface area contributed by atoms with Crippen molar-refractivity contribution in [2.45, 2.75) is 6.04 Å². The van der Waals surface area contributed by atoms with Crippen LogP contribution in [0, 0.1) is 0 Å². The first-order valence-corrected chi connectivity index (χ1v) is 5.99. The second-order valence-electron chi connectivity index (χ2n) is 2.99. The second-order valence-corrected chi connectivity index (χ2v) is 4.47. The molecule has 1 aromatic rings. The summed E-state index contributed by atoms with van der Waals surface area (Å²) >= 11 is 0. The second kappa shape index (κ2) is 5.14. The molecule has 0 aliphatic rings. The molecule has 0 heterocycles. The first-order chi connectivity index (χ1) is 6.24. The van der Waals surface area contributed by atoms with E-state index in [0.29, 0.717) is 5.75 Å². The number of nitrogens with one attached hydrogen (secondary N) is 1. The maximum Gasteiger partial charge on any atom is 0.0434 e. The molecule has 2 unspecified atom stereocenters. The van der Waals surface area contributed by atoms with Crippen LogP contribution in [-0.4, -0.2) is 23.3 Å². The minimum Gasteiger partial charge on any atom is -0.312 e. The van der Waals surface area contributed by atoms with Gasteiger partial charge in [-0.15, -0.1) is 0 Å². The molecule has 13 heavy (non-hydrogen) atoms. The molecule has 0 amide bonds. The molecule has 2 atom stereocenters. The molecule has 3 heteroatoms. The summed E-state index contributed by atoms with van der Waals surface area (Å²) in [6.45, 7) is 0. The molecule has 0 saturated carbocycles. The monoisotopic (exact) mass is 197 g/mol. The van der Waals surface area contributed by atoms with Crippen LogP contribution in [0.2, 0.25) is 0 Å². The SMILES string of the molecule is CNC(CS(C)=O)c1ccccc1. The highest BCUT2D eigenvalue weighted by molar-refractivity contribution is 7.84. The van der Waals surface area contributed by atoms with Crippen molar-refractivity contribution in [1.29, 1.82) is 0 Å². The summed E-state index contributed by atoms with van der Waals surface area (Å²) in [7, 11) is 1.13. The maximum atomic E-state index is 11.1. The van der Waals surface area contributed by atoms with E-state index in [1.54, 1.807) is 6.26 Å². The van der Waals surface area contributed by atoms with Gasteiger partial charge in [0.05, 0.1) is 0 Å². The van der Waals surface area contributed by atoms with Gasteiger partial charge in [0.25, 0.3) is 0 Å². The van der Waals surface area contributed by atoms with Crippen molar-refractivity contribution >= 4 is 10.8 Å². The fraction of sp³-hybridized carbons (Fsp3) is 0.400. The van der Waals surface area contributed by atoms with Gasteiger partial charge in [0, 0.05) is 28.9 Å². The summed E-state index contributed by atoms with van der Waals surface area (Å²) in [5, 5.41) is 3.16. The Balaban J connectivity index is 2.73. The van der Waals surface area contributed by atoms with Crippen molar-refractivity contribution in [3.05, 3.63) is 35.9 Å². The lowest BCUT2D eigenvalue weighted by atomic mass is 10.1. The number of hydrogen-bond acceptors (Lipinski definition) is 2. The number of rotatable bonds is 4. The van der Waals surface area contributed by atoms with Crippen molar-refractivity contribution < 1.29 is 4.21 Å². The van der Waals surface area contributed by atoms with E-state index in [1.165, 1.54) is 5.56 Å². The number of hydrogen-bond donors (Lipinski definition) is 1. The van der Waals surface area contributed by atoms with Crippen LogP contribution in [-0.2, 0) is 10.8 Å². The van der Waals surface area contributed by atoms with Gasteiger partial charge in [0.15, 0.2) is 0 Å². The molecular formula is C10H15NOS. The van der Waals surface area contributed by atoms with Gasteiger partial charge in [-0.1, -0.05) is 30.3 Å². The fourth-order valence-electron chi connectivity index (χ4n) is 1.27. The molecule has 0 aromatic heterocycles. The molecule has 1 aromatic carbocycles. The zero-order valence-electron chi connectivity index (χ0n) is 7.99. The Morgan fingerprint density at radius 1 is 1.38 bits per heavy atom. The zero-order chi connectivity index (χ0) is 9.68. The zero-order valence-corrected chi connectivity index (χ0v) is 8.80. The van der Waals surface area contributed by atoms with Crippen molar-refractivity contribution in [1.82, 2.24) is 5.32 Å². The molecule has 1 rings (SSSR count). The minimum absolute atomic E-state index is 0.201. The molecule has 72 valence electrons. The highest BCUT2D eigenvalue weighted by Crippen LogP contribution is 2.12. The molecule has 0 saturated heterocycles. The first kappa shape index (κ1) is 10.4. The van der Waals surface area contributed by atoms with Gasteiger partial charge in [-0.25, -0.2) is 0 Å². The van der Waals surface area contributed by atoms with Crippen LogP contribution in [0.3, 0.4) is 0 Å². The van der Waals surface area contributed by atoms with E-state index in [1.807, 2.05) is 37.4 Å². The standard InChI is InChI=1S/C10H15NOS/c1-11-10(8-13(2)12)9-6-4-3-5-7-9/h3-7,10-11H,8H2,1-2H3. The molecule has 0 aliphatic carbocycles. The van der Waals surface area contributed by atoms with E-state index in [4.69, 9.17) is 0 Å². The Bertz CT molecular complexity index is 274. The lowest BCUT2D eigenvalue weighted by Gasteiger charge is -2.14. The van der Waals surface area contributed by atoms with Gasteiger partial charge in [-0.3, -0.25) is 4.21 Å². The van der Waals surface area contributed by atoms with Gasteiger partial charge in [0.1, 0.15) is 0 Å². The Labute approximate surface area is 81.8 Å². The molecular weight excluding hydrogens is 182 g/mol. The molecule has 0 radical (unpaired) electrons. The van der Waals surface area contributed by atoms with Gasteiger partial charge >= 0.3 is 0 Å². The van der Waals surface area contributed by atoms with Crippen LogP contribution in [0.15, 0.2) is 30.3 Å². The smallest absolute Gasteiger partial charge is 0.0434 e. The maximum absolute atomic E-state index is 11.1. The Kier molecular flexibility index (Phi) is 4.12. The average Bonchev–Trinajstić information content (AvgIpc) is 2.15. The molecule has 0 aliphatic heterocycles. The summed E-state index contributed by atoms with van der Waals surface area (Å²) in [6, 6.07) is 10.3. The quantitative estimate of drug-likeness (QED) is 0.789. The molecule has 1 N–H and O–H groups in total. The summed E-state index contributed by atoms with van der Waals surface area (Å²) in [5.41, 5.74) is 1.19. The van der Waals surface area contributed by atoms with Gasteiger partial charge in [0.2, 0.25) is 0 Å². The van der Waals surface area contributed by atoms with E-state index in [9.17, 15) is 4.21 Å². The fourth-order valence-corrected chi connectivity index (χ4v) is 2.09. The normalized spacial score (nSPS) is 15.2. The summed E-state index contributed by atoms with van der Waals surface area (Å²) in [5.74, 6) is 0.667. The highest BCUT2D eigenvalue weighted by atomic mass is 32.2. The summed E-state index contributed by atoms with van der Waals surface area (Å²) in [6.07, 6.45) is 1.73. The van der Waals surface area contributed by atoms with Crippen LogP contribution < -0.4 is 5.32 Å². The van der Waals surface area contributed by atoms with Crippen LogP contribution in [0.4, 0.5) is 0 Å². The van der Waals surface area contributed by atoms with Gasteiger partial charge < -0.3 is 5.32 Å². The van der Waals surface area contributed by atoms with Crippen LogP contribution in [0.25, 0.3) is 0 Å². The predicted molar refractivity (Wildman–Crippen MR) is 57.2 cm³/mol. The molecule has 0 spiro atoms. The molecule has 2 nitrogen and oxygen atoms in total. The lowest BCUT2D eigenvalue weighted by Crippen LogP contribution is -2.22. The van der Waals surface area contributed by atoms with Crippen molar-refractivity contribution in [3.63, 3.8) is 0 Å². The van der Waals surface area contributed by atoms with Crippen molar-refractivity contribution in [3.8, 4) is 0 Å². The Hall–Kier alpha value is -0.670. The third-order valence-corrected chi connectivity index (χ3v) is 2.75. The highest BCUT2D eigenvalue weighted by Gasteiger charge is 2.09. The topological polar surface area (TPSA) is 29.1 Å². The average molecular weight is 197 g/mol. The van der Waals surface area contributed by atoms with E-state index in [0.717, 1.165) is 0 Å². The van der Waals surface area contributed by atoms with Gasteiger partial charge in [-0.2, -0.15) is 0 Å². The van der Waals surface area contributed by atoms with E-state index in [2.05, 4.69) is 5.32 Å². The third-order valence-electron chi connectivity index (χ3n) is 1.95. The molecule has 0 bridgehead atoms. The van der Waals surface area contributed by atoms with E-state index in [-0.39, 0.29) is 6.04 Å². The summed E-state index contributed by atoms with van der Waals surface area (Å²) < 4.78 is 11.1. The first-order valence-electron chi connectivity index (χ1n) is 4.26. The van der Waals surface area contributed by atoms with Gasteiger partial charge in [-0.05, 0) is 12.6 Å². The Morgan fingerprint density at radius 3 is 2.46 bits per heavy atom. The van der Waals surface area contributed by atoms with E-state index < -0.39 is 10.8 Å². The lowest BCUT2D eigenvalue weighted by molar-refractivity contribution is 0.638. The summed E-state index contributed by atoms with van der Waals surface area (Å²) in [4.78, 5) is 0. The van der Waals surface area contributed by atoms with E-state index >= 15 is 0 Å². The van der Waals surface area contributed by atoms with Crippen molar-refractivity contribution in [2.24, 2.45) is 0 Å². The minimum atomic E-state index is -0.759. The largest absolute Gasteiger partial charge is 0.312 e. The predicted octanol–water partition coefficient (Wildman–Crippen LogP) is 1.33. The van der Waals surface area contributed by atoms with Crippen molar-refractivity contribution in [2.75, 3.05) is 19.1 Å². The third kappa shape index (κ3) is 3.28. The Morgan fingerprint density at radius 2 is 2.00 bits per heavy atom. The molecule has 0 fully saturated rings. The van der Waals surface area contributed by atoms with Crippen LogP contribution >= 0.6 is 0 Å².